The summed E-state index contributed by atoms with van der Waals surface area (Å²) < 4.78 is 51.6. The topological polar surface area (TPSA) is 109 Å². The quantitative estimate of drug-likeness (QED) is 0.208. The van der Waals surface area contributed by atoms with E-state index >= 15 is 0 Å². The van der Waals surface area contributed by atoms with Gasteiger partial charge >= 0.3 is 19.3 Å². The molecule has 0 unspecified atom stereocenters. The minimum atomic E-state index is -4.91. The molecule has 15 heteroatoms. The van der Waals surface area contributed by atoms with Gasteiger partial charge in [0.1, 0.15) is 5.76 Å². The molecular weight excluding hydrogens is 647 g/mol. The molecule has 267 valence electrons. The third kappa shape index (κ3) is 9.45. The molecule has 2 aromatic heterocycles. The first-order valence-electron chi connectivity index (χ1n) is 15.9. The number of carbonyl (C=O) groups excluding carboxylic acids is 1. The molecule has 0 atom stereocenters. The predicted molar refractivity (Wildman–Crippen MR) is 193 cm³/mol. The Morgan fingerprint density at radius 2 is 1.40 bits per heavy atom. The summed E-state index contributed by atoms with van der Waals surface area (Å²) in [5, 5.41) is 16.4. The molecule has 1 fully saturated rings. The van der Waals surface area contributed by atoms with Crippen LogP contribution in [0.3, 0.4) is 0 Å². The van der Waals surface area contributed by atoms with Crippen LogP contribution in [0.15, 0.2) is 66.7 Å². The number of fused-ring (bicyclic) bond motifs is 2. The van der Waals surface area contributed by atoms with Crippen molar-refractivity contribution in [2.75, 3.05) is 40.3 Å². The SMILES string of the molecule is C.CC1(C)OB(c2cccc3[nH]ncc23)OC1(C)C.CN1CC=C(OC(=O)C(F)(F)F)CC1.CN1CC=C(c2cccc3[nH]ncc23)CC1.[B]. The van der Waals surface area contributed by atoms with Crippen molar-refractivity contribution in [1.82, 2.24) is 30.2 Å². The lowest BCUT2D eigenvalue weighted by molar-refractivity contribution is -0.195. The zero-order chi connectivity index (χ0) is 34.7. The van der Waals surface area contributed by atoms with Crippen molar-refractivity contribution in [2.24, 2.45) is 0 Å². The standard InChI is InChI=1S/C13H17BN2O2.C13H15N3.C8H10F3NO2.CH4.B/c1-12(2)13(3,4)18-14(17-12)10-6-5-7-11-9(10)8-15-16-11;1-16-7-5-10(6-8-16)11-3-2-4-13-12(11)9-14-15-13;1-12-4-2-6(3-5-12)14-7(13)8(9,10)11;;/h5-8H,1-4H3,(H,15,16);2-5,9H,6-8H2,1H3,(H,14,15);2H,3-5H2,1H3;1H4;. The van der Waals surface area contributed by atoms with Gasteiger partial charge in [-0.05, 0) is 83.0 Å². The van der Waals surface area contributed by atoms with Crippen molar-refractivity contribution >= 4 is 54.3 Å². The van der Waals surface area contributed by atoms with Gasteiger partial charge in [0.2, 0.25) is 0 Å². The lowest BCUT2D eigenvalue weighted by atomic mass is 9.77. The molecule has 0 aliphatic carbocycles. The van der Waals surface area contributed by atoms with Gasteiger partial charge in [0.25, 0.3) is 0 Å². The summed E-state index contributed by atoms with van der Waals surface area (Å²) >= 11 is 0. The number of esters is 1. The summed E-state index contributed by atoms with van der Waals surface area (Å²) in [7, 11) is 3.65. The van der Waals surface area contributed by atoms with E-state index < -0.39 is 12.1 Å². The number of hydrogen-bond donors (Lipinski definition) is 2. The molecule has 0 bridgehead atoms. The number of nitrogens with one attached hydrogen (secondary N) is 2. The smallest absolute Gasteiger partial charge is 0.425 e. The van der Waals surface area contributed by atoms with Crippen molar-refractivity contribution in [2.45, 2.75) is 65.3 Å². The monoisotopic (exact) mass is 693 g/mol. The fraction of sp³-hybridized carbons (Fsp3) is 0.457. The minimum absolute atomic E-state index is 0. The van der Waals surface area contributed by atoms with Crippen molar-refractivity contribution in [3.63, 3.8) is 0 Å². The Morgan fingerprint density at radius 1 is 0.860 bits per heavy atom. The molecule has 0 amide bonds. The molecule has 50 heavy (non-hydrogen) atoms. The van der Waals surface area contributed by atoms with Gasteiger partial charge in [-0.25, -0.2) is 4.79 Å². The van der Waals surface area contributed by atoms with Gasteiger partial charge in [-0.3, -0.25) is 10.2 Å². The van der Waals surface area contributed by atoms with Crippen LogP contribution in [0.25, 0.3) is 27.4 Å². The van der Waals surface area contributed by atoms with Gasteiger partial charge in [-0.1, -0.05) is 37.8 Å². The minimum Gasteiger partial charge on any atom is -0.425 e. The maximum absolute atomic E-state index is 11.8. The van der Waals surface area contributed by atoms with Crippen LogP contribution in [-0.4, -0.2) is 109 Å². The molecule has 1 saturated heterocycles. The molecule has 10 nitrogen and oxygen atoms in total. The highest BCUT2D eigenvalue weighted by molar-refractivity contribution is 6.65. The number of halogens is 3. The highest BCUT2D eigenvalue weighted by Gasteiger charge is 2.52. The highest BCUT2D eigenvalue weighted by Crippen LogP contribution is 2.37. The number of hydrogen-bond acceptors (Lipinski definition) is 8. The lowest BCUT2D eigenvalue weighted by Gasteiger charge is -2.32. The largest absolute Gasteiger partial charge is 0.495 e. The molecule has 3 aliphatic rings. The number of rotatable bonds is 3. The van der Waals surface area contributed by atoms with Gasteiger partial charge in [0.05, 0.1) is 34.6 Å². The van der Waals surface area contributed by atoms with Crippen LogP contribution in [0.1, 0.15) is 53.5 Å². The summed E-state index contributed by atoms with van der Waals surface area (Å²) in [5.74, 6) is -2.04. The zero-order valence-corrected chi connectivity index (χ0v) is 28.7. The van der Waals surface area contributed by atoms with E-state index in [1.807, 2.05) is 42.5 Å². The third-order valence-electron chi connectivity index (χ3n) is 9.09. The van der Waals surface area contributed by atoms with E-state index in [4.69, 9.17) is 9.31 Å². The Morgan fingerprint density at radius 3 is 1.94 bits per heavy atom. The summed E-state index contributed by atoms with van der Waals surface area (Å²) in [6.45, 7) is 11.5. The second-order valence-electron chi connectivity index (χ2n) is 13.2. The first-order valence-corrected chi connectivity index (χ1v) is 15.9. The number of carbonyl (C=O) groups is 1. The van der Waals surface area contributed by atoms with Gasteiger partial charge in [0, 0.05) is 51.8 Å². The number of H-pyrrole nitrogens is 2. The van der Waals surface area contributed by atoms with Crippen molar-refractivity contribution in [3.8, 4) is 0 Å². The van der Waals surface area contributed by atoms with Gasteiger partial charge in [-0.15, -0.1) is 0 Å². The second kappa shape index (κ2) is 16.4. The summed E-state index contributed by atoms with van der Waals surface area (Å²) in [6.07, 6.45) is 4.08. The van der Waals surface area contributed by atoms with Gasteiger partial charge in [-0.2, -0.15) is 23.4 Å². The van der Waals surface area contributed by atoms with E-state index in [-0.39, 0.29) is 39.9 Å². The van der Waals surface area contributed by atoms with Crippen LogP contribution in [0.4, 0.5) is 13.2 Å². The Kier molecular flexibility index (Phi) is 13.3. The van der Waals surface area contributed by atoms with Crippen LogP contribution in [0, 0.1) is 0 Å². The number of aromatic nitrogens is 4. The summed E-state index contributed by atoms with van der Waals surface area (Å²) in [6, 6.07) is 12.4. The number of alkyl halides is 3. The predicted octanol–water partition coefficient (Wildman–Crippen LogP) is 5.71. The fourth-order valence-corrected chi connectivity index (χ4v) is 5.45. The zero-order valence-electron chi connectivity index (χ0n) is 28.7. The average molecular weight is 693 g/mol. The molecule has 7 rings (SSSR count). The van der Waals surface area contributed by atoms with Crippen molar-refractivity contribution in [1.29, 1.82) is 0 Å². The molecule has 3 radical (unpaired) electrons. The fourth-order valence-electron chi connectivity index (χ4n) is 5.45. The molecule has 3 aliphatic heterocycles. The van der Waals surface area contributed by atoms with Crippen LogP contribution >= 0.6 is 0 Å². The average Bonchev–Trinajstić information content (AvgIpc) is 3.76. The number of aromatic amines is 2. The normalized spacial score (nSPS) is 18.8. The van der Waals surface area contributed by atoms with E-state index in [1.54, 1.807) is 0 Å². The maximum Gasteiger partial charge on any atom is 0.495 e. The van der Waals surface area contributed by atoms with E-state index in [2.05, 4.69) is 89.0 Å². The summed E-state index contributed by atoms with van der Waals surface area (Å²) in [5.41, 5.74) is 5.30. The van der Waals surface area contributed by atoms with Crippen LogP contribution in [0.2, 0.25) is 0 Å². The Labute approximate surface area is 294 Å². The molecule has 5 heterocycles. The summed E-state index contributed by atoms with van der Waals surface area (Å²) in [4.78, 5) is 14.7. The number of likely N-dealkylation sites (N-methyl/N-ethyl adjacent to an activating group) is 2. The Hall–Kier alpha value is -3.91. The number of nitrogens with zero attached hydrogens (tertiary/aromatic N) is 4. The van der Waals surface area contributed by atoms with E-state index in [0.29, 0.717) is 19.5 Å². The van der Waals surface area contributed by atoms with Crippen molar-refractivity contribution < 1.29 is 32.0 Å². The highest BCUT2D eigenvalue weighted by atomic mass is 19.4. The van der Waals surface area contributed by atoms with E-state index in [1.165, 1.54) is 22.6 Å². The molecule has 2 N–H and O–H groups in total. The van der Waals surface area contributed by atoms with Crippen LogP contribution in [0.5, 0.6) is 0 Å². The molecular formula is C35H46B2F3N6O4. The maximum atomic E-state index is 11.8. The van der Waals surface area contributed by atoms with Crippen molar-refractivity contribution in [3.05, 3.63) is 72.3 Å². The Bertz CT molecular complexity index is 1790. The molecule has 0 spiro atoms. The van der Waals surface area contributed by atoms with Gasteiger partial charge in [0.15, 0.2) is 0 Å². The Balaban J connectivity index is 0.000000201. The molecule has 0 saturated carbocycles. The molecule has 4 aromatic rings. The first kappa shape index (κ1) is 40.5. The number of ether oxygens (including phenoxy) is 1. The number of benzene rings is 2. The third-order valence-corrected chi connectivity index (χ3v) is 9.09. The lowest BCUT2D eigenvalue weighted by Crippen LogP contribution is -2.41. The van der Waals surface area contributed by atoms with Crippen LogP contribution < -0.4 is 5.46 Å². The van der Waals surface area contributed by atoms with Crippen LogP contribution in [-0.2, 0) is 18.8 Å². The molecule has 2 aromatic carbocycles. The van der Waals surface area contributed by atoms with E-state index in [9.17, 15) is 18.0 Å². The van der Waals surface area contributed by atoms with E-state index in [0.717, 1.165) is 41.4 Å². The second-order valence-corrected chi connectivity index (χ2v) is 13.2. The first-order chi connectivity index (χ1) is 22.6. The van der Waals surface area contributed by atoms with Gasteiger partial charge < -0.3 is 23.8 Å².